The van der Waals surface area contributed by atoms with Gasteiger partial charge in [0.1, 0.15) is 5.82 Å². The van der Waals surface area contributed by atoms with Crippen molar-refractivity contribution in [1.82, 2.24) is 5.32 Å². The Morgan fingerprint density at radius 1 is 1.28 bits per heavy atom. The van der Waals surface area contributed by atoms with Crippen LogP contribution in [0.25, 0.3) is 0 Å². The van der Waals surface area contributed by atoms with Crippen molar-refractivity contribution < 1.29 is 18.7 Å². The number of halogens is 1. The number of benzene rings is 2. The molecule has 2 aromatic carbocycles. The number of hydrogen-bond donors (Lipinski definition) is 1. The fourth-order valence-electron chi connectivity index (χ4n) is 2.77. The fourth-order valence-corrected chi connectivity index (χ4v) is 3.88. The topological polar surface area (TPSA) is 47.6 Å². The number of rotatable bonds is 6. The first-order valence-corrected chi connectivity index (χ1v) is 9.13. The molecule has 4 nitrogen and oxygen atoms in total. The van der Waals surface area contributed by atoms with Crippen LogP contribution in [0.3, 0.4) is 0 Å². The predicted octanol–water partition coefficient (Wildman–Crippen LogP) is 3.96. The second-order valence-corrected chi connectivity index (χ2v) is 6.83. The van der Waals surface area contributed by atoms with Gasteiger partial charge in [-0.05, 0) is 42.3 Å². The Labute approximate surface area is 150 Å². The molecule has 25 heavy (non-hydrogen) atoms. The van der Waals surface area contributed by atoms with Gasteiger partial charge in [0.05, 0.1) is 26.2 Å². The van der Waals surface area contributed by atoms with Crippen LogP contribution in [0.15, 0.2) is 47.4 Å². The Kier molecular flexibility index (Phi) is 5.81. The number of thioether (sulfide) groups is 1. The van der Waals surface area contributed by atoms with Gasteiger partial charge in [0.2, 0.25) is 5.91 Å². The Hall–Kier alpha value is -2.21. The van der Waals surface area contributed by atoms with Crippen molar-refractivity contribution in [2.75, 3.05) is 19.5 Å². The maximum Gasteiger partial charge on any atom is 0.223 e. The molecular formula is C19H20FNO3S. The van der Waals surface area contributed by atoms with E-state index < -0.39 is 0 Å². The third kappa shape index (κ3) is 4.45. The van der Waals surface area contributed by atoms with Crippen LogP contribution in [0.2, 0.25) is 0 Å². The van der Waals surface area contributed by atoms with E-state index in [2.05, 4.69) is 5.32 Å². The summed E-state index contributed by atoms with van der Waals surface area (Å²) in [5.74, 6) is 1.76. The third-order valence-electron chi connectivity index (χ3n) is 4.00. The highest BCUT2D eigenvalue weighted by atomic mass is 32.2. The predicted molar refractivity (Wildman–Crippen MR) is 95.7 cm³/mol. The molecule has 0 saturated carbocycles. The highest BCUT2D eigenvalue weighted by Gasteiger charge is 2.22. The van der Waals surface area contributed by atoms with Crippen LogP contribution in [0.4, 0.5) is 4.39 Å². The minimum atomic E-state index is -0.278. The number of para-hydroxylation sites is 2. The van der Waals surface area contributed by atoms with Gasteiger partial charge >= 0.3 is 0 Å². The molecule has 0 aliphatic carbocycles. The zero-order chi connectivity index (χ0) is 17.6. The van der Waals surface area contributed by atoms with Gasteiger partial charge < -0.3 is 14.8 Å². The van der Waals surface area contributed by atoms with Crippen molar-refractivity contribution in [1.29, 1.82) is 0 Å². The summed E-state index contributed by atoms with van der Waals surface area (Å²) in [6.45, 7) is 0.254. The molecule has 0 bridgehead atoms. The smallest absolute Gasteiger partial charge is 0.223 e. The van der Waals surface area contributed by atoms with Gasteiger partial charge in [-0.25, -0.2) is 4.39 Å². The normalized spacial score (nSPS) is 16.0. The van der Waals surface area contributed by atoms with Crippen molar-refractivity contribution >= 4 is 17.7 Å². The Morgan fingerprint density at radius 3 is 2.88 bits per heavy atom. The molecule has 2 aromatic rings. The van der Waals surface area contributed by atoms with E-state index in [1.54, 1.807) is 37.1 Å². The van der Waals surface area contributed by atoms with E-state index >= 15 is 0 Å². The van der Waals surface area contributed by atoms with E-state index in [1.165, 1.54) is 12.1 Å². The maximum absolute atomic E-state index is 13.5. The lowest BCUT2D eigenvalue weighted by Gasteiger charge is -2.26. The van der Waals surface area contributed by atoms with E-state index in [0.717, 1.165) is 22.6 Å². The van der Waals surface area contributed by atoms with Gasteiger partial charge in [0.15, 0.2) is 11.5 Å². The number of nitrogens with one attached hydrogen (secondary N) is 1. The van der Waals surface area contributed by atoms with Gasteiger partial charge in [-0.1, -0.05) is 12.1 Å². The summed E-state index contributed by atoms with van der Waals surface area (Å²) >= 11 is 1.69. The molecule has 1 aliphatic heterocycles. The third-order valence-corrected chi connectivity index (χ3v) is 5.12. The average Bonchev–Trinajstić information content (AvgIpc) is 2.62. The van der Waals surface area contributed by atoms with E-state index in [-0.39, 0.29) is 30.8 Å². The number of fused-ring (bicyclic) bond motifs is 1. The van der Waals surface area contributed by atoms with Crippen LogP contribution in [0.1, 0.15) is 24.4 Å². The van der Waals surface area contributed by atoms with Crippen LogP contribution in [-0.4, -0.2) is 25.4 Å². The number of hydrogen-bond acceptors (Lipinski definition) is 4. The first-order chi connectivity index (χ1) is 12.2. The van der Waals surface area contributed by atoms with Gasteiger partial charge in [-0.3, -0.25) is 4.79 Å². The van der Waals surface area contributed by atoms with Crippen LogP contribution in [0.5, 0.6) is 11.5 Å². The molecule has 3 rings (SSSR count). The Balaban J connectivity index is 1.54. The number of methoxy groups -OCH3 is 1. The molecule has 1 heterocycles. The van der Waals surface area contributed by atoms with Crippen molar-refractivity contribution in [3.8, 4) is 11.5 Å². The lowest BCUT2D eigenvalue weighted by atomic mass is 10.0. The largest absolute Gasteiger partial charge is 0.493 e. The zero-order valence-corrected chi connectivity index (χ0v) is 14.8. The standard InChI is InChI=1S/C19H20FNO3S/c1-23-16-4-2-3-5-17(16)24-10-8-19(22)21-15-9-11-25-18-7-6-13(20)12-14(15)18/h2-7,12,15H,8-11H2,1H3,(H,21,22)/t15-/m0/s1. The van der Waals surface area contributed by atoms with Crippen LogP contribution < -0.4 is 14.8 Å². The molecule has 0 spiro atoms. The molecule has 1 atom stereocenters. The highest BCUT2D eigenvalue weighted by Crippen LogP contribution is 2.36. The molecule has 0 unspecified atom stereocenters. The van der Waals surface area contributed by atoms with Crippen molar-refractivity contribution in [2.45, 2.75) is 23.8 Å². The zero-order valence-electron chi connectivity index (χ0n) is 14.0. The summed E-state index contributed by atoms with van der Waals surface area (Å²) in [7, 11) is 1.58. The molecule has 1 aliphatic rings. The first kappa shape index (κ1) is 17.6. The summed E-state index contributed by atoms with van der Waals surface area (Å²) < 4.78 is 24.4. The molecule has 1 N–H and O–H groups in total. The molecule has 0 aromatic heterocycles. The minimum absolute atomic E-state index is 0.109. The van der Waals surface area contributed by atoms with E-state index in [1.807, 2.05) is 12.1 Å². The summed E-state index contributed by atoms with van der Waals surface area (Å²) in [4.78, 5) is 13.3. The lowest BCUT2D eigenvalue weighted by molar-refractivity contribution is -0.122. The number of carbonyl (C=O) groups excluding carboxylic acids is 1. The molecule has 132 valence electrons. The monoisotopic (exact) mass is 361 g/mol. The Morgan fingerprint density at radius 2 is 2.08 bits per heavy atom. The molecule has 0 radical (unpaired) electrons. The number of carbonyl (C=O) groups is 1. The van der Waals surface area contributed by atoms with Gasteiger partial charge in [-0.15, -0.1) is 11.8 Å². The quantitative estimate of drug-likeness (QED) is 0.846. The van der Waals surface area contributed by atoms with E-state index in [0.29, 0.717) is 11.5 Å². The van der Waals surface area contributed by atoms with Crippen LogP contribution in [-0.2, 0) is 4.79 Å². The first-order valence-electron chi connectivity index (χ1n) is 8.15. The highest BCUT2D eigenvalue weighted by molar-refractivity contribution is 7.99. The molecular weight excluding hydrogens is 341 g/mol. The van der Waals surface area contributed by atoms with Gasteiger partial charge in [0, 0.05) is 10.6 Å². The van der Waals surface area contributed by atoms with Crippen LogP contribution >= 0.6 is 11.8 Å². The molecule has 6 heteroatoms. The van der Waals surface area contributed by atoms with E-state index in [4.69, 9.17) is 9.47 Å². The second kappa shape index (κ2) is 8.25. The summed E-state index contributed by atoms with van der Waals surface area (Å²) in [5.41, 5.74) is 0.857. The molecule has 0 saturated heterocycles. The Bertz CT molecular complexity index is 753. The fraction of sp³-hybridized carbons (Fsp3) is 0.316. The van der Waals surface area contributed by atoms with Gasteiger partial charge in [0.25, 0.3) is 0 Å². The molecule has 1 amide bonds. The summed E-state index contributed by atoms with van der Waals surface area (Å²) in [6.07, 6.45) is 1.02. The SMILES string of the molecule is COc1ccccc1OCCC(=O)N[C@H]1CCSc2ccc(F)cc21. The number of ether oxygens (including phenoxy) is 2. The van der Waals surface area contributed by atoms with Crippen molar-refractivity contribution in [3.05, 3.63) is 53.8 Å². The van der Waals surface area contributed by atoms with Crippen molar-refractivity contribution in [3.63, 3.8) is 0 Å². The van der Waals surface area contributed by atoms with Crippen molar-refractivity contribution in [2.24, 2.45) is 0 Å². The summed E-state index contributed by atoms with van der Waals surface area (Å²) in [6, 6.07) is 11.9. The van der Waals surface area contributed by atoms with Gasteiger partial charge in [-0.2, -0.15) is 0 Å². The molecule has 0 fully saturated rings. The second-order valence-electron chi connectivity index (χ2n) is 5.69. The maximum atomic E-state index is 13.5. The summed E-state index contributed by atoms with van der Waals surface area (Å²) in [5, 5.41) is 2.99. The number of amides is 1. The average molecular weight is 361 g/mol. The van der Waals surface area contributed by atoms with E-state index in [9.17, 15) is 9.18 Å². The van der Waals surface area contributed by atoms with Crippen LogP contribution in [0, 0.1) is 5.82 Å². The lowest BCUT2D eigenvalue weighted by Crippen LogP contribution is -2.31. The minimum Gasteiger partial charge on any atom is -0.493 e.